The number of hydrogen-bond donors (Lipinski definition) is 2. The van der Waals surface area contributed by atoms with E-state index in [1.165, 1.54) is 17.4 Å². The zero-order valence-corrected chi connectivity index (χ0v) is 12.7. The van der Waals surface area contributed by atoms with Crippen molar-refractivity contribution in [1.29, 1.82) is 0 Å². The molecule has 21 heavy (non-hydrogen) atoms. The third-order valence-electron chi connectivity index (χ3n) is 3.36. The number of carbonyl (C=O) groups is 1. The molecule has 1 aliphatic rings. The fourth-order valence-corrected chi connectivity index (χ4v) is 3.74. The number of aromatic nitrogens is 2. The van der Waals surface area contributed by atoms with Gasteiger partial charge in [0.15, 0.2) is 0 Å². The Kier molecular flexibility index (Phi) is 4.06. The number of imidazole rings is 1. The second-order valence-corrected chi connectivity index (χ2v) is 6.75. The first kappa shape index (κ1) is 15.5. The smallest absolute Gasteiger partial charge is 0.331 e. The SMILES string of the molecule is CCCN(C)S(=O)(=O)n1c(N)nc2c1CCC(C(=O)O)=C2. The Bertz CT molecular complexity index is 705. The van der Waals surface area contributed by atoms with Crippen molar-refractivity contribution in [3.63, 3.8) is 0 Å². The molecule has 1 aliphatic carbocycles. The molecule has 0 atom stereocenters. The second-order valence-electron chi connectivity index (χ2n) is 4.87. The number of nitrogens with zero attached hydrogens (tertiary/aromatic N) is 3. The third kappa shape index (κ3) is 2.66. The van der Waals surface area contributed by atoms with Crippen LogP contribution >= 0.6 is 0 Å². The van der Waals surface area contributed by atoms with Gasteiger partial charge in [0.2, 0.25) is 5.95 Å². The van der Waals surface area contributed by atoms with E-state index in [1.807, 2.05) is 6.92 Å². The summed E-state index contributed by atoms with van der Waals surface area (Å²) in [7, 11) is -2.30. The molecule has 0 saturated carbocycles. The van der Waals surface area contributed by atoms with Crippen LogP contribution in [0, 0.1) is 0 Å². The zero-order chi connectivity index (χ0) is 15.8. The number of hydrogen-bond acceptors (Lipinski definition) is 5. The molecule has 0 spiro atoms. The van der Waals surface area contributed by atoms with Crippen LogP contribution in [0.5, 0.6) is 0 Å². The van der Waals surface area contributed by atoms with Crippen LogP contribution < -0.4 is 5.73 Å². The maximum absolute atomic E-state index is 12.5. The van der Waals surface area contributed by atoms with Gasteiger partial charge in [0.05, 0.1) is 11.4 Å². The molecule has 0 radical (unpaired) electrons. The molecule has 1 aromatic heterocycles. The van der Waals surface area contributed by atoms with Crippen LogP contribution in [0.3, 0.4) is 0 Å². The van der Waals surface area contributed by atoms with Crippen LogP contribution in [-0.2, 0) is 21.4 Å². The van der Waals surface area contributed by atoms with Gasteiger partial charge in [-0.25, -0.2) is 9.78 Å². The minimum atomic E-state index is -3.78. The Morgan fingerprint density at radius 1 is 1.52 bits per heavy atom. The summed E-state index contributed by atoms with van der Waals surface area (Å²) >= 11 is 0. The molecule has 0 bridgehead atoms. The van der Waals surface area contributed by atoms with Gasteiger partial charge in [0.25, 0.3) is 0 Å². The van der Waals surface area contributed by atoms with Gasteiger partial charge >= 0.3 is 16.2 Å². The van der Waals surface area contributed by atoms with Crippen LogP contribution in [-0.4, -0.2) is 46.3 Å². The van der Waals surface area contributed by atoms with Crippen LogP contribution in [0.1, 0.15) is 31.2 Å². The number of nitrogen functional groups attached to an aromatic ring is 1. The van der Waals surface area contributed by atoms with Crippen molar-refractivity contribution in [2.45, 2.75) is 26.2 Å². The molecule has 0 fully saturated rings. The summed E-state index contributed by atoms with van der Waals surface area (Å²) in [5, 5.41) is 9.00. The van der Waals surface area contributed by atoms with Gasteiger partial charge < -0.3 is 10.8 Å². The van der Waals surface area contributed by atoms with E-state index in [1.54, 1.807) is 0 Å². The molecule has 3 N–H and O–H groups in total. The van der Waals surface area contributed by atoms with Crippen molar-refractivity contribution in [2.75, 3.05) is 19.3 Å². The fourth-order valence-electron chi connectivity index (χ4n) is 2.31. The molecular weight excluding hydrogens is 296 g/mol. The minimum Gasteiger partial charge on any atom is -0.478 e. The Balaban J connectivity index is 2.52. The van der Waals surface area contributed by atoms with Gasteiger partial charge in [0.1, 0.15) is 0 Å². The predicted molar refractivity (Wildman–Crippen MR) is 77.8 cm³/mol. The molecule has 9 heteroatoms. The summed E-state index contributed by atoms with van der Waals surface area (Å²) in [6, 6.07) is 0. The largest absolute Gasteiger partial charge is 0.478 e. The highest BCUT2D eigenvalue weighted by atomic mass is 32.2. The van der Waals surface area contributed by atoms with Crippen molar-refractivity contribution in [3.8, 4) is 0 Å². The highest BCUT2D eigenvalue weighted by molar-refractivity contribution is 7.87. The summed E-state index contributed by atoms with van der Waals surface area (Å²) < 4.78 is 27.3. The number of aliphatic carboxylic acids is 1. The summed E-state index contributed by atoms with van der Waals surface area (Å²) in [6.07, 6.45) is 2.58. The quantitative estimate of drug-likeness (QED) is 0.807. The van der Waals surface area contributed by atoms with Gasteiger partial charge in [0, 0.05) is 19.2 Å². The lowest BCUT2D eigenvalue weighted by Gasteiger charge is -2.20. The second kappa shape index (κ2) is 5.49. The number of rotatable bonds is 5. The molecular formula is C12H18N4O4S. The van der Waals surface area contributed by atoms with E-state index in [4.69, 9.17) is 10.8 Å². The Hall–Kier alpha value is -1.87. The highest BCUT2D eigenvalue weighted by Crippen LogP contribution is 2.28. The van der Waals surface area contributed by atoms with E-state index in [9.17, 15) is 13.2 Å². The van der Waals surface area contributed by atoms with Crippen LogP contribution in [0.4, 0.5) is 5.95 Å². The van der Waals surface area contributed by atoms with Crippen molar-refractivity contribution in [3.05, 3.63) is 17.0 Å². The molecule has 0 aliphatic heterocycles. The van der Waals surface area contributed by atoms with Crippen molar-refractivity contribution < 1.29 is 18.3 Å². The Morgan fingerprint density at radius 2 is 2.19 bits per heavy atom. The van der Waals surface area contributed by atoms with Gasteiger partial charge in [-0.05, 0) is 25.3 Å². The third-order valence-corrected chi connectivity index (χ3v) is 5.20. The summed E-state index contributed by atoms with van der Waals surface area (Å²) in [4.78, 5) is 15.0. The summed E-state index contributed by atoms with van der Waals surface area (Å²) in [6.45, 7) is 2.24. The summed E-state index contributed by atoms with van der Waals surface area (Å²) in [5.74, 6) is -1.18. The van der Waals surface area contributed by atoms with E-state index in [0.29, 0.717) is 24.4 Å². The Morgan fingerprint density at radius 3 is 2.76 bits per heavy atom. The first-order valence-electron chi connectivity index (χ1n) is 6.56. The van der Waals surface area contributed by atoms with E-state index >= 15 is 0 Å². The average molecular weight is 314 g/mol. The molecule has 0 amide bonds. The van der Waals surface area contributed by atoms with Gasteiger partial charge in [-0.3, -0.25) is 0 Å². The Labute approximate surface area is 123 Å². The van der Waals surface area contributed by atoms with Crippen molar-refractivity contribution in [1.82, 2.24) is 13.3 Å². The van der Waals surface area contributed by atoms with Gasteiger partial charge in [-0.1, -0.05) is 6.92 Å². The summed E-state index contributed by atoms with van der Waals surface area (Å²) in [5.41, 5.74) is 6.67. The van der Waals surface area contributed by atoms with Crippen molar-refractivity contribution >= 4 is 28.2 Å². The van der Waals surface area contributed by atoms with E-state index in [2.05, 4.69) is 4.98 Å². The number of carboxylic acid groups (broad SMARTS) is 1. The first-order chi connectivity index (χ1) is 9.78. The van der Waals surface area contributed by atoms with E-state index in [-0.39, 0.29) is 24.4 Å². The van der Waals surface area contributed by atoms with E-state index < -0.39 is 16.2 Å². The van der Waals surface area contributed by atoms with Crippen LogP contribution in [0.25, 0.3) is 6.08 Å². The molecule has 0 unspecified atom stereocenters. The zero-order valence-electron chi connectivity index (χ0n) is 11.9. The molecule has 0 aromatic carbocycles. The fraction of sp³-hybridized carbons (Fsp3) is 0.500. The normalized spacial score (nSPS) is 14.9. The number of anilines is 1. The van der Waals surface area contributed by atoms with E-state index in [0.717, 1.165) is 3.97 Å². The molecule has 0 saturated heterocycles. The highest BCUT2D eigenvalue weighted by Gasteiger charge is 2.30. The lowest BCUT2D eigenvalue weighted by molar-refractivity contribution is -0.132. The number of nitrogens with two attached hydrogens (primary N) is 1. The topological polar surface area (TPSA) is 119 Å². The monoisotopic (exact) mass is 314 g/mol. The van der Waals surface area contributed by atoms with Crippen LogP contribution in [0.2, 0.25) is 0 Å². The van der Waals surface area contributed by atoms with Crippen LogP contribution in [0.15, 0.2) is 5.57 Å². The molecule has 1 aromatic rings. The van der Waals surface area contributed by atoms with Gasteiger partial charge in [-0.15, -0.1) is 0 Å². The minimum absolute atomic E-state index is 0.147. The molecule has 2 rings (SSSR count). The molecule has 1 heterocycles. The lowest BCUT2D eigenvalue weighted by atomic mass is 10.0. The number of carboxylic acids is 1. The number of fused-ring (bicyclic) bond motifs is 1. The lowest BCUT2D eigenvalue weighted by Crippen LogP contribution is -2.34. The van der Waals surface area contributed by atoms with Gasteiger partial charge in [-0.2, -0.15) is 16.7 Å². The maximum Gasteiger partial charge on any atom is 0.331 e. The first-order valence-corrected chi connectivity index (χ1v) is 7.96. The van der Waals surface area contributed by atoms with Crippen molar-refractivity contribution in [2.24, 2.45) is 0 Å². The molecule has 8 nitrogen and oxygen atoms in total. The average Bonchev–Trinajstić information content (AvgIpc) is 2.74. The standard InChI is InChI=1S/C12H18N4O4S/c1-3-6-15(2)21(19,20)16-10-5-4-8(11(17)18)7-9(10)14-12(16)13/h7H,3-6H2,1-2H3,(H2,13,14)(H,17,18). The maximum atomic E-state index is 12.5. The molecule has 116 valence electrons. The predicted octanol–water partition coefficient (Wildman–Crippen LogP) is 0.314.